The number of halogens is 2. The average molecular weight is 423 g/mol. The Morgan fingerprint density at radius 3 is 2.57 bits per heavy atom. The maximum atomic E-state index is 15.3. The fourth-order valence-electron chi connectivity index (χ4n) is 3.85. The Bertz CT molecular complexity index is 851. The Morgan fingerprint density at radius 1 is 1.23 bits per heavy atom. The van der Waals surface area contributed by atoms with E-state index in [-0.39, 0.29) is 23.8 Å². The van der Waals surface area contributed by atoms with E-state index in [0.717, 1.165) is 6.54 Å². The number of benzene rings is 1. The third-order valence-corrected chi connectivity index (χ3v) is 5.66. The van der Waals surface area contributed by atoms with Crippen LogP contribution in [-0.4, -0.2) is 67.3 Å². The van der Waals surface area contributed by atoms with Gasteiger partial charge < -0.3 is 25.2 Å². The van der Waals surface area contributed by atoms with Gasteiger partial charge in [0.05, 0.1) is 16.9 Å². The first-order valence-corrected chi connectivity index (χ1v) is 10.4. The van der Waals surface area contributed by atoms with Crippen LogP contribution in [0.4, 0.5) is 25.0 Å². The summed E-state index contributed by atoms with van der Waals surface area (Å²) >= 11 is 0. The van der Waals surface area contributed by atoms with Gasteiger partial charge in [-0.3, -0.25) is 0 Å². The van der Waals surface area contributed by atoms with Crippen LogP contribution in [0.15, 0.2) is 12.1 Å². The zero-order chi connectivity index (χ0) is 22.2. The van der Waals surface area contributed by atoms with Crippen molar-refractivity contribution in [1.82, 2.24) is 9.80 Å². The lowest BCUT2D eigenvalue weighted by Gasteiger charge is -2.39. The molecule has 1 aromatic carbocycles. The average Bonchev–Trinajstić information content (AvgIpc) is 2.66. The standard InChI is InChI=1S/C22H32F2N4O2/c1-14-12-27(10-9-26(14)5)17-11-16(23)18(19(24)20(17)25)15-7-6-8-28(13-15)21(29)30-22(2,3)4/h7,11,14H,6,8-10,12-13,25H2,1-5H3/t14-/m0/s1. The molecular formula is C22H32F2N4O2. The maximum absolute atomic E-state index is 15.3. The lowest BCUT2D eigenvalue weighted by Crippen LogP contribution is -2.50. The zero-order valence-corrected chi connectivity index (χ0v) is 18.5. The summed E-state index contributed by atoms with van der Waals surface area (Å²) in [6.45, 7) is 10.0. The number of likely N-dealkylation sites (N-methyl/N-ethyl adjacent to an activating group) is 1. The SMILES string of the molecule is C[C@H]1CN(c2cc(F)c(C3=CCCN(C(=O)OC(C)(C)C)C3)c(F)c2N)CCN1C. The lowest BCUT2D eigenvalue weighted by molar-refractivity contribution is 0.0272. The van der Waals surface area contributed by atoms with Crippen LogP contribution in [0.25, 0.3) is 5.57 Å². The Kier molecular flexibility index (Phi) is 6.26. The first kappa shape index (κ1) is 22.3. The van der Waals surface area contributed by atoms with Gasteiger partial charge in [0, 0.05) is 44.8 Å². The minimum atomic E-state index is -0.770. The van der Waals surface area contributed by atoms with E-state index in [1.165, 1.54) is 11.0 Å². The van der Waals surface area contributed by atoms with Crippen LogP contribution in [0, 0.1) is 11.6 Å². The molecule has 1 aromatic rings. The molecule has 0 bridgehead atoms. The highest BCUT2D eigenvalue weighted by Gasteiger charge is 2.30. The van der Waals surface area contributed by atoms with Gasteiger partial charge >= 0.3 is 6.09 Å². The van der Waals surface area contributed by atoms with Crippen molar-refractivity contribution in [1.29, 1.82) is 0 Å². The molecule has 6 nitrogen and oxygen atoms in total. The molecule has 0 aliphatic carbocycles. The van der Waals surface area contributed by atoms with Gasteiger partial charge in [-0.2, -0.15) is 0 Å². The number of rotatable bonds is 2. The van der Waals surface area contributed by atoms with Gasteiger partial charge in [0.25, 0.3) is 0 Å². The number of amides is 1. The van der Waals surface area contributed by atoms with Gasteiger partial charge in [-0.15, -0.1) is 0 Å². The number of carbonyl (C=O) groups is 1. The molecule has 2 aliphatic heterocycles. The van der Waals surface area contributed by atoms with Crippen molar-refractivity contribution < 1.29 is 18.3 Å². The van der Waals surface area contributed by atoms with Crippen molar-refractivity contribution in [3.8, 4) is 0 Å². The number of hydrogen-bond donors (Lipinski definition) is 1. The number of nitrogens with two attached hydrogens (primary N) is 1. The lowest BCUT2D eigenvalue weighted by atomic mass is 9.98. The molecule has 2 aliphatic rings. The van der Waals surface area contributed by atoms with Gasteiger partial charge in [-0.05, 0) is 46.7 Å². The van der Waals surface area contributed by atoms with Crippen LogP contribution in [0.1, 0.15) is 39.7 Å². The van der Waals surface area contributed by atoms with Crippen LogP contribution in [0.5, 0.6) is 0 Å². The van der Waals surface area contributed by atoms with Crippen LogP contribution in [0.2, 0.25) is 0 Å². The molecule has 0 saturated carbocycles. The van der Waals surface area contributed by atoms with Crippen molar-refractivity contribution in [3.63, 3.8) is 0 Å². The molecule has 0 spiro atoms. The number of anilines is 2. The summed E-state index contributed by atoms with van der Waals surface area (Å²) in [6.07, 6.45) is 1.76. The summed E-state index contributed by atoms with van der Waals surface area (Å²) in [4.78, 5) is 18.0. The van der Waals surface area contributed by atoms with Crippen LogP contribution in [0.3, 0.4) is 0 Å². The largest absolute Gasteiger partial charge is 0.444 e. The molecule has 1 fully saturated rings. The number of nitrogen functional groups attached to an aromatic ring is 1. The van der Waals surface area contributed by atoms with E-state index >= 15 is 8.78 Å². The predicted octanol–water partition coefficient (Wildman–Crippen LogP) is 3.71. The third-order valence-electron chi connectivity index (χ3n) is 5.66. The summed E-state index contributed by atoms with van der Waals surface area (Å²) in [5, 5.41) is 0. The van der Waals surface area contributed by atoms with Crippen LogP contribution >= 0.6 is 0 Å². The number of piperazine rings is 1. The summed E-state index contributed by atoms with van der Waals surface area (Å²) in [5.41, 5.74) is 6.06. The van der Waals surface area contributed by atoms with Crippen molar-refractivity contribution in [2.24, 2.45) is 0 Å². The van der Waals surface area contributed by atoms with E-state index in [1.807, 2.05) is 11.9 Å². The quantitative estimate of drug-likeness (QED) is 0.737. The first-order chi connectivity index (χ1) is 14.0. The maximum Gasteiger partial charge on any atom is 0.410 e. The van der Waals surface area contributed by atoms with Gasteiger partial charge in [-0.25, -0.2) is 13.6 Å². The summed E-state index contributed by atoms with van der Waals surface area (Å²) < 4.78 is 35.8. The third kappa shape index (κ3) is 4.69. The first-order valence-electron chi connectivity index (χ1n) is 10.4. The Labute approximate surface area is 177 Å². The van der Waals surface area contributed by atoms with E-state index in [1.54, 1.807) is 26.8 Å². The monoisotopic (exact) mass is 422 g/mol. The highest BCUT2D eigenvalue weighted by atomic mass is 19.1. The van der Waals surface area contributed by atoms with Gasteiger partial charge in [0.2, 0.25) is 0 Å². The molecule has 8 heteroatoms. The van der Waals surface area contributed by atoms with Crippen molar-refractivity contribution in [3.05, 3.63) is 29.3 Å². The molecule has 0 aromatic heterocycles. The van der Waals surface area contributed by atoms with Crippen molar-refractivity contribution in [2.75, 3.05) is 50.4 Å². The summed E-state index contributed by atoms with van der Waals surface area (Å²) in [7, 11) is 2.03. The van der Waals surface area contributed by atoms with Gasteiger partial charge in [-0.1, -0.05) is 6.08 Å². The Morgan fingerprint density at radius 2 is 1.93 bits per heavy atom. The molecule has 0 radical (unpaired) electrons. The smallest absolute Gasteiger partial charge is 0.410 e. The topological polar surface area (TPSA) is 62.0 Å². The van der Waals surface area contributed by atoms with Gasteiger partial charge in [0.15, 0.2) is 5.82 Å². The highest BCUT2D eigenvalue weighted by Crippen LogP contribution is 2.36. The van der Waals surface area contributed by atoms with E-state index in [2.05, 4.69) is 11.8 Å². The van der Waals surface area contributed by atoms with E-state index in [0.29, 0.717) is 37.3 Å². The Balaban J connectivity index is 1.86. The summed E-state index contributed by atoms with van der Waals surface area (Å²) in [5.74, 6) is -1.44. The number of hydrogen-bond acceptors (Lipinski definition) is 5. The summed E-state index contributed by atoms with van der Waals surface area (Å²) in [6, 6.07) is 1.58. The minimum Gasteiger partial charge on any atom is -0.444 e. The minimum absolute atomic E-state index is 0.0570. The fraction of sp³-hybridized carbons (Fsp3) is 0.591. The molecule has 1 amide bonds. The van der Waals surface area contributed by atoms with E-state index in [4.69, 9.17) is 10.5 Å². The molecule has 166 valence electrons. The molecule has 1 atom stereocenters. The molecular weight excluding hydrogens is 390 g/mol. The molecule has 3 rings (SSSR count). The fourth-order valence-corrected chi connectivity index (χ4v) is 3.85. The van der Waals surface area contributed by atoms with Crippen molar-refractivity contribution in [2.45, 2.75) is 45.8 Å². The zero-order valence-electron chi connectivity index (χ0n) is 18.5. The molecule has 1 saturated heterocycles. The second-order valence-electron chi connectivity index (χ2n) is 9.18. The van der Waals surface area contributed by atoms with Gasteiger partial charge in [0.1, 0.15) is 11.4 Å². The van der Waals surface area contributed by atoms with E-state index < -0.39 is 23.3 Å². The van der Waals surface area contributed by atoms with E-state index in [9.17, 15) is 4.79 Å². The Hall–Kier alpha value is -2.35. The van der Waals surface area contributed by atoms with Crippen LogP contribution < -0.4 is 10.6 Å². The normalized spacial score (nSPS) is 20.9. The predicted molar refractivity (Wildman–Crippen MR) is 115 cm³/mol. The van der Waals surface area contributed by atoms with Crippen molar-refractivity contribution >= 4 is 23.0 Å². The van der Waals surface area contributed by atoms with Crippen LogP contribution in [-0.2, 0) is 4.74 Å². The number of nitrogens with zero attached hydrogens (tertiary/aromatic N) is 3. The second kappa shape index (κ2) is 8.41. The molecule has 0 unspecified atom stereocenters. The molecule has 2 N–H and O–H groups in total. The number of ether oxygens (including phenoxy) is 1. The molecule has 2 heterocycles. The number of carbonyl (C=O) groups excluding carboxylic acids is 1. The molecule has 30 heavy (non-hydrogen) atoms. The highest BCUT2D eigenvalue weighted by molar-refractivity contribution is 5.80. The second-order valence-corrected chi connectivity index (χ2v) is 9.18.